The normalized spacial score (nSPS) is 25.6. The van der Waals surface area contributed by atoms with Gasteiger partial charge in [-0.05, 0) is 54.5 Å². The summed E-state index contributed by atoms with van der Waals surface area (Å²) >= 11 is 0. The van der Waals surface area contributed by atoms with Gasteiger partial charge in [0, 0.05) is 18.9 Å². The number of amides is 1. The predicted molar refractivity (Wildman–Crippen MR) is 130 cm³/mol. The fourth-order valence-corrected chi connectivity index (χ4v) is 5.44. The van der Waals surface area contributed by atoms with Gasteiger partial charge in [-0.25, -0.2) is 0 Å². The standard InChI is InChI=1S/C28H30N2O5/c1-4-12-34-22-10-8-19(14-23(22)33-3)25-24-26(31)20-13-17(2)7-9-21(20)35-27(24)28(32)30(25)16-18-6-5-11-29-15-18/h4-6,8,10-11,14-15,17,20-21,25H,1,7,9,12-13,16H2,2-3H3. The molecule has 1 fully saturated rings. The molecule has 4 unspecified atom stereocenters. The van der Waals surface area contributed by atoms with E-state index in [9.17, 15) is 9.59 Å². The van der Waals surface area contributed by atoms with Gasteiger partial charge >= 0.3 is 0 Å². The van der Waals surface area contributed by atoms with Crippen molar-refractivity contribution in [2.45, 2.75) is 44.9 Å². The largest absolute Gasteiger partial charge is 0.493 e. The molecule has 0 radical (unpaired) electrons. The second kappa shape index (κ2) is 9.56. The maximum atomic E-state index is 13.9. The third-order valence-electron chi connectivity index (χ3n) is 7.14. The van der Waals surface area contributed by atoms with E-state index in [0.717, 1.165) is 30.4 Å². The summed E-state index contributed by atoms with van der Waals surface area (Å²) in [5, 5.41) is 0. The number of Topliss-reactive ketones (excluding diaryl/α,β-unsaturated/α-hetero) is 1. The molecule has 2 aliphatic heterocycles. The van der Waals surface area contributed by atoms with E-state index in [2.05, 4.69) is 18.5 Å². The summed E-state index contributed by atoms with van der Waals surface area (Å²) in [6.45, 7) is 6.51. The van der Waals surface area contributed by atoms with Gasteiger partial charge in [-0.3, -0.25) is 14.6 Å². The monoisotopic (exact) mass is 474 g/mol. The third-order valence-corrected chi connectivity index (χ3v) is 7.14. The van der Waals surface area contributed by atoms with Crippen molar-refractivity contribution in [3.8, 4) is 11.5 Å². The minimum Gasteiger partial charge on any atom is -0.493 e. The second-order valence-corrected chi connectivity index (χ2v) is 9.49. The number of pyridine rings is 1. The van der Waals surface area contributed by atoms with Crippen molar-refractivity contribution in [1.82, 2.24) is 9.88 Å². The van der Waals surface area contributed by atoms with Gasteiger partial charge in [-0.2, -0.15) is 0 Å². The summed E-state index contributed by atoms with van der Waals surface area (Å²) < 4.78 is 17.6. The summed E-state index contributed by atoms with van der Waals surface area (Å²) in [7, 11) is 1.57. The quantitative estimate of drug-likeness (QED) is 0.554. The number of rotatable bonds is 7. The van der Waals surface area contributed by atoms with Gasteiger partial charge in [0.1, 0.15) is 12.7 Å². The average molecular weight is 475 g/mol. The fourth-order valence-electron chi connectivity index (χ4n) is 5.44. The van der Waals surface area contributed by atoms with Crippen LogP contribution in [-0.2, 0) is 20.9 Å². The Balaban J connectivity index is 1.58. The molecule has 4 atom stereocenters. The average Bonchev–Trinajstić information content (AvgIpc) is 3.15. The summed E-state index contributed by atoms with van der Waals surface area (Å²) in [6.07, 6.45) is 7.43. The topological polar surface area (TPSA) is 78.0 Å². The Hall–Kier alpha value is -3.61. The molecular weight excluding hydrogens is 444 g/mol. The molecule has 35 heavy (non-hydrogen) atoms. The molecule has 182 valence electrons. The minimum atomic E-state index is -0.578. The number of nitrogens with zero attached hydrogens (tertiary/aromatic N) is 2. The molecule has 1 aromatic carbocycles. The zero-order valence-electron chi connectivity index (χ0n) is 20.1. The van der Waals surface area contributed by atoms with E-state index < -0.39 is 6.04 Å². The molecule has 1 aromatic heterocycles. The van der Waals surface area contributed by atoms with Crippen LogP contribution in [0, 0.1) is 11.8 Å². The Morgan fingerprint density at radius 1 is 1.23 bits per heavy atom. The third kappa shape index (κ3) is 4.20. The van der Waals surface area contributed by atoms with E-state index in [-0.39, 0.29) is 29.5 Å². The number of hydrogen-bond acceptors (Lipinski definition) is 6. The Morgan fingerprint density at radius 2 is 2.09 bits per heavy atom. The van der Waals surface area contributed by atoms with Crippen LogP contribution in [0.1, 0.15) is 43.4 Å². The van der Waals surface area contributed by atoms with Crippen LogP contribution in [0.2, 0.25) is 0 Å². The summed E-state index contributed by atoms with van der Waals surface area (Å²) in [5.41, 5.74) is 2.10. The molecule has 1 aliphatic carbocycles. The highest BCUT2D eigenvalue weighted by Crippen LogP contribution is 2.48. The van der Waals surface area contributed by atoms with Gasteiger partial charge in [0.2, 0.25) is 0 Å². The highest BCUT2D eigenvalue weighted by molar-refractivity contribution is 6.11. The molecule has 7 nitrogen and oxygen atoms in total. The van der Waals surface area contributed by atoms with Gasteiger partial charge < -0.3 is 19.1 Å². The van der Waals surface area contributed by atoms with Crippen LogP contribution >= 0.6 is 0 Å². The van der Waals surface area contributed by atoms with Crippen LogP contribution in [0.25, 0.3) is 0 Å². The lowest BCUT2D eigenvalue weighted by Gasteiger charge is -2.37. The number of benzene rings is 1. The van der Waals surface area contributed by atoms with E-state index in [1.165, 1.54) is 0 Å². The first-order chi connectivity index (χ1) is 17.0. The molecule has 3 heterocycles. The van der Waals surface area contributed by atoms with Crippen molar-refractivity contribution < 1.29 is 23.8 Å². The van der Waals surface area contributed by atoms with Crippen LogP contribution < -0.4 is 9.47 Å². The number of ketones is 1. The molecule has 1 amide bonds. The number of aromatic nitrogens is 1. The van der Waals surface area contributed by atoms with Crippen molar-refractivity contribution in [3.63, 3.8) is 0 Å². The molecule has 0 N–H and O–H groups in total. The predicted octanol–water partition coefficient (Wildman–Crippen LogP) is 4.40. The Kier molecular flexibility index (Phi) is 6.32. The summed E-state index contributed by atoms with van der Waals surface area (Å²) in [4.78, 5) is 33.5. The van der Waals surface area contributed by atoms with Gasteiger partial charge in [0.15, 0.2) is 23.0 Å². The van der Waals surface area contributed by atoms with Crippen LogP contribution in [0.4, 0.5) is 0 Å². The first-order valence-corrected chi connectivity index (χ1v) is 12.1. The second-order valence-electron chi connectivity index (χ2n) is 9.49. The Labute approximate surface area is 205 Å². The molecule has 7 heteroatoms. The van der Waals surface area contributed by atoms with Crippen molar-refractivity contribution in [3.05, 3.63) is 77.8 Å². The lowest BCUT2D eigenvalue weighted by molar-refractivity contribution is -0.136. The van der Waals surface area contributed by atoms with Crippen LogP contribution in [0.3, 0.4) is 0 Å². The van der Waals surface area contributed by atoms with Crippen molar-refractivity contribution in [1.29, 1.82) is 0 Å². The number of fused-ring (bicyclic) bond motifs is 1. The first-order valence-electron chi connectivity index (χ1n) is 12.1. The number of carbonyl (C=O) groups excluding carboxylic acids is 2. The minimum absolute atomic E-state index is 0.0285. The molecule has 2 aromatic rings. The molecular formula is C28H30N2O5. The smallest absolute Gasteiger partial charge is 0.290 e. The molecule has 0 saturated heterocycles. The van der Waals surface area contributed by atoms with Gasteiger partial charge in [0.05, 0.1) is 24.6 Å². The van der Waals surface area contributed by atoms with Gasteiger partial charge in [0.25, 0.3) is 5.91 Å². The lowest BCUT2D eigenvalue weighted by Crippen LogP contribution is -2.41. The number of hydrogen-bond donors (Lipinski definition) is 0. The van der Waals surface area contributed by atoms with E-state index in [1.807, 2.05) is 30.3 Å². The highest BCUT2D eigenvalue weighted by Gasteiger charge is 2.52. The fraction of sp³-hybridized carbons (Fsp3) is 0.393. The maximum absolute atomic E-state index is 13.9. The molecule has 1 saturated carbocycles. The van der Waals surface area contributed by atoms with Crippen LogP contribution in [0.5, 0.6) is 11.5 Å². The Bertz CT molecular complexity index is 1180. The van der Waals surface area contributed by atoms with Crippen molar-refractivity contribution in [2.75, 3.05) is 13.7 Å². The van der Waals surface area contributed by atoms with Gasteiger partial charge in [-0.1, -0.05) is 31.7 Å². The van der Waals surface area contributed by atoms with Crippen molar-refractivity contribution >= 4 is 11.7 Å². The van der Waals surface area contributed by atoms with E-state index in [0.29, 0.717) is 36.1 Å². The molecule has 0 spiro atoms. The van der Waals surface area contributed by atoms with E-state index in [4.69, 9.17) is 14.2 Å². The first kappa shape index (κ1) is 23.1. The van der Waals surface area contributed by atoms with E-state index in [1.54, 1.807) is 30.5 Å². The van der Waals surface area contributed by atoms with Crippen LogP contribution in [-0.4, -0.2) is 41.4 Å². The lowest BCUT2D eigenvalue weighted by atomic mass is 9.74. The number of carbonyl (C=O) groups is 2. The van der Waals surface area contributed by atoms with Crippen LogP contribution in [0.15, 0.2) is 66.7 Å². The number of ether oxygens (including phenoxy) is 3. The molecule has 5 rings (SSSR count). The summed E-state index contributed by atoms with van der Waals surface area (Å²) in [6, 6.07) is 8.71. The maximum Gasteiger partial charge on any atom is 0.290 e. The Morgan fingerprint density at radius 3 is 2.83 bits per heavy atom. The summed E-state index contributed by atoms with van der Waals surface area (Å²) in [5.74, 6) is 1.30. The molecule has 0 bridgehead atoms. The SMILES string of the molecule is C=CCOc1ccc(C2C3=C(OC4CCC(C)CC4C3=O)C(=O)N2Cc2cccnc2)cc1OC. The zero-order valence-corrected chi connectivity index (χ0v) is 20.1. The van der Waals surface area contributed by atoms with Gasteiger partial charge in [-0.15, -0.1) is 0 Å². The van der Waals surface area contributed by atoms with E-state index >= 15 is 0 Å². The highest BCUT2D eigenvalue weighted by atomic mass is 16.5. The van der Waals surface area contributed by atoms with Crippen molar-refractivity contribution in [2.24, 2.45) is 11.8 Å². The molecule has 3 aliphatic rings. The zero-order chi connectivity index (χ0) is 24.5. The number of methoxy groups -OCH3 is 1.